The van der Waals surface area contributed by atoms with Crippen LogP contribution in [0.3, 0.4) is 0 Å². The summed E-state index contributed by atoms with van der Waals surface area (Å²) in [6.45, 7) is 3.94. The summed E-state index contributed by atoms with van der Waals surface area (Å²) in [7, 11) is 4.14. The number of aryl methyl sites for hydroxylation is 1. The minimum absolute atomic E-state index is 0.0181. The number of halogens is 2. The number of carbonyl (C=O) groups excluding carboxylic acids is 1. The Labute approximate surface area is 265 Å². The summed E-state index contributed by atoms with van der Waals surface area (Å²) in [6, 6.07) is 13.5. The predicted molar refractivity (Wildman–Crippen MR) is 173 cm³/mol. The second kappa shape index (κ2) is 12.7. The van der Waals surface area contributed by atoms with Crippen molar-refractivity contribution in [1.29, 1.82) is 0 Å². The summed E-state index contributed by atoms with van der Waals surface area (Å²) >= 11 is 1.65. The first-order valence-corrected chi connectivity index (χ1v) is 16.3. The highest BCUT2D eigenvalue weighted by molar-refractivity contribution is 7.99. The predicted octanol–water partition coefficient (Wildman–Crippen LogP) is 4.86. The number of thioether (sulfide) groups is 1. The van der Waals surface area contributed by atoms with Crippen LogP contribution in [0.1, 0.15) is 34.3 Å². The molecule has 2 aliphatic rings. The molecule has 0 bridgehead atoms. The van der Waals surface area contributed by atoms with E-state index in [1.54, 1.807) is 36.2 Å². The van der Waals surface area contributed by atoms with Crippen LogP contribution in [0.5, 0.6) is 0 Å². The lowest BCUT2D eigenvalue weighted by molar-refractivity contribution is -0.276. The van der Waals surface area contributed by atoms with Crippen LogP contribution in [0.15, 0.2) is 54.7 Å². The molecule has 0 saturated carbocycles. The number of hydrogen-bond donors (Lipinski definition) is 2. The Hall–Kier alpha value is -3.48. The van der Waals surface area contributed by atoms with Gasteiger partial charge in [0.2, 0.25) is 0 Å². The number of benzene rings is 3. The maximum atomic E-state index is 15.5. The fourth-order valence-corrected chi connectivity index (χ4v) is 7.21. The zero-order valence-corrected chi connectivity index (χ0v) is 26.4. The molecule has 3 heterocycles. The highest BCUT2D eigenvalue weighted by Gasteiger charge is 2.40. The number of fused-ring (bicyclic) bond motifs is 1. The number of nitrogens with zero attached hydrogens (tertiary/aromatic N) is 5. The molecule has 0 aliphatic carbocycles. The minimum atomic E-state index is -2.77. The van der Waals surface area contributed by atoms with Crippen LogP contribution in [0, 0.1) is 18.6 Å². The van der Waals surface area contributed by atoms with E-state index in [0.717, 1.165) is 49.2 Å². The van der Waals surface area contributed by atoms with Crippen LogP contribution < -0.4 is 0 Å². The average molecular weight is 634 g/mol. The lowest BCUT2D eigenvalue weighted by Crippen LogP contribution is -2.50. The van der Waals surface area contributed by atoms with Gasteiger partial charge in [-0.05, 0) is 75.3 Å². The fraction of sp³-hybridized carbons (Fsp3) is 0.382. The quantitative estimate of drug-likeness (QED) is 0.291. The van der Waals surface area contributed by atoms with E-state index in [2.05, 4.69) is 24.0 Å². The number of para-hydroxylation sites is 1. The van der Waals surface area contributed by atoms with E-state index in [0.29, 0.717) is 58.5 Å². The van der Waals surface area contributed by atoms with Gasteiger partial charge in [0, 0.05) is 60.4 Å². The second-order valence-corrected chi connectivity index (χ2v) is 13.2. The van der Waals surface area contributed by atoms with Crippen molar-refractivity contribution in [3.8, 4) is 22.4 Å². The number of amides is 1. The summed E-state index contributed by atoms with van der Waals surface area (Å²) in [5.41, 5.74) is 3.62. The molecule has 0 spiro atoms. The van der Waals surface area contributed by atoms with Gasteiger partial charge in [0.25, 0.3) is 11.8 Å². The topological polar surface area (TPSA) is 93.0 Å². The third-order valence-corrected chi connectivity index (χ3v) is 9.89. The Balaban J connectivity index is 1.30. The molecule has 4 aromatic rings. The number of carbonyl (C=O) groups is 1. The third kappa shape index (κ3) is 6.19. The molecule has 3 aromatic carbocycles. The molecule has 0 unspecified atom stereocenters. The van der Waals surface area contributed by atoms with Crippen LogP contribution in [0.25, 0.3) is 33.4 Å². The van der Waals surface area contributed by atoms with Gasteiger partial charge in [0.15, 0.2) is 0 Å². The molecule has 236 valence electrons. The highest BCUT2D eigenvalue weighted by atomic mass is 32.2. The molecule has 1 aromatic heterocycles. The monoisotopic (exact) mass is 633 g/mol. The van der Waals surface area contributed by atoms with E-state index in [4.69, 9.17) is 4.98 Å². The Bertz CT molecular complexity index is 1710. The van der Waals surface area contributed by atoms with Crippen LogP contribution in [0.4, 0.5) is 8.78 Å². The molecular weight excluding hydrogens is 596 g/mol. The van der Waals surface area contributed by atoms with Crippen molar-refractivity contribution < 1.29 is 23.8 Å². The van der Waals surface area contributed by atoms with Gasteiger partial charge in [-0.3, -0.25) is 9.78 Å². The van der Waals surface area contributed by atoms with Crippen molar-refractivity contribution in [3.05, 3.63) is 83.1 Å². The first kappa shape index (κ1) is 31.5. The molecule has 8 nitrogen and oxygen atoms in total. The first-order chi connectivity index (χ1) is 21.5. The molecule has 0 radical (unpaired) electrons. The van der Waals surface area contributed by atoms with E-state index in [1.165, 1.54) is 4.90 Å². The molecule has 6 rings (SSSR count). The summed E-state index contributed by atoms with van der Waals surface area (Å²) in [6.07, 6.45) is 3.53. The van der Waals surface area contributed by atoms with Crippen molar-refractivity contribution in [2.24, 2.45) is 0 Å². The summed E-state index contributed by atoms with van der Waals surface area (Å²) in [4.78, 5) is 28.1. The summed E-state index contributed by atoms with van der Waals surface area (Å²) < 4.78 is 30.9. The first-order valence-electron chi connectivity index (χ1n) is 15.1. The summed E-state index contributed by atoms with van der Waals surface area (Å²) in [5.74, 6) is -3.60. The second-order valence-electron chi connectivity index (χ2n) is 12.0. The largest absolute Gasteiger partial charge is 0.349 e. The lowest BCUT2D eigenvalue weighted by atomic mass is 9.98. The lowest BCUT2D eigenvalue weighted by Gasteiger charge is -2.37. The van der Waals surface area contributed by atoms with E-state index >= 15 is 8.78 Å². The van der Waals surface area contributed by atoms with Gasteiger partial charge in [-0.15, -0.1) is 0 Å². The number of piperidine rings is 1. The van der Waals surface area contributed by atoms with Crippen LogP contribution >= 0.6 is 11.8 Å². The van der Waals surface area contributed by atoms with Crippen LogP contribution in [-0.4, -0.2) is 98.6 Å². The van der Waals surface area contributed by atoms with E-state index in [1.807, 2.05) is 30.0 Å². The van der Waals surface area contributed by atoms with Crippen LogP contribution in [-0.2, 0) is 5.91 Å². The number of hydrogen-bond acceptors (Lipinski definition) is 8. The zero-order chi connectivity index (χ0) is 31.9. The van der Waals surface area contributed by atoms with Crippen molar-refractivity contribution in [1.82, 2.24) is 24.7 Å². The van der Waals surface area contributed by atoms with Gasteiger partial charge in [-0.2, -0.15) is 11.8 Å². The smallest absolute Gasteiger partial charge is 0.259 e. The van der Waals surface area contributed by atoms with E-state index in [9.17, 15) is 15.0 Å². The maximum absolute atomic E-state index is 15.5. The van der Waals surface area contributed by atoms with E-state index < -0.39 is 23.1 Å². The molecular formula is C34H37F2N5O3S. The normalized spacial score (nSPS) is 16.9. The van der Waals surface area contributed by atoms with Crippen molar-refractivity contribution in [3.63, 3.8) is 0 Å². The maximum Gasteiger partial charge on any atom is 0.259 e. The Morgan fingerprint density at radius 1 is 0.978 bits per heavy atom. The minimum Gasteiger partial charge on any atom is -0.349 e. The molecule has 1 amide bonds. The zero-order valence-electron chi connectivity index (χ0n) is 25.6. The molecule has 2 saturated heterocycles. The molecule has 45 heavy (non-hydrogen) atoms. The van der Waals surface area contributed by atoms with Crippen molar-refractivity contribution in [2.45, 2.75) is 31.7 Å². The SMILES string of the molecule is Cc1cc(-c2cnc3cccc(-c4cc(F)c(C(O)(O)N5CCSCC5)c(F)c4)c3n2)ccc1C(=O)N1CCC(N(C)C)CC1. The number of likely N-dealkylation sites (tertiary alicyclic amines) is 1. The average Bonchev–Trinajstić information content (AvgIpc) is 3.04. The van der Waals surface area contributed by atoms with Crippen molar-refractivity contribution in [2.75, 3.05) is 51.8 Å². The highest BCUT2D eigenvalue weighted by Crippen LogP contribution is 2.35. The third-order valence-electron chi connectivity index (χ3n) is 8.95. The van der Waals surface area contributed by atoms with Gasteiger partial charge in [0.1, 0.15) is 11.6 Å². The Morgan fingerprint density at radius 2 is 1.67 bits per heavy atom. The van der Waals surface area contributed by atoms with E-state index in [-0.39, 0.29) is 11.5 Å². The van der Waals surface area contributed by atoms with Gasteiger partial charge in [-0.25, -0.2) is 18.7 Å². The standard InChI is InChI=1S/C34H37F2N5O3S/c1-21-17-22(7-8-25(21)33(42)40-11-9-24(10-12-40)39(2)3)30-20-37-29-6-4-5-26(32(29)38-30)23-18-27(35)31(28(36)19-23)34(43,44)41-13-15-45-16-14-41/h4-8,17-20,24,43-44H,9-16H2,1-3H3. The number of rotatable bonds is 6. The Kier molecular flexibility index (Phi) is 8.91. The molecule has 11 heteroatoms. The Morgan fingerprint density at radius 3 is 2.31 bits per heavy atom. The van der Waals surface area contributed by atoms with Crippen molar-refractivity contribution >= 4 is 28.7 Å². The molecule has 0 atom stereocenters. The van der Waals surface area contributed by atoms with Gasteiger partial charge < -0.3 is 20.0 Å². The molecule has 2 fully saturated rings. The summed E-state index contributed by atoms with van der Waals surface area (Å²) in [5, 5.41) is 21.6. The van der Waals surface area contributed by atoms with Crippen LogP contribution in [0.2, 0.25) is 0 Å². The number of aromatic nitrogens is 2. The fourth-order valence-electron chi connectivity index (χ4n) is 6.31. The number of aliphatic hydroxyl groups is 2. The molecule has 2 N–H and O–H groups in total. The van der Waals surface area contributed by atoms with Gasteiger partial charge >= 0.3 is 0 Å². The van der Waals surface area contributed by atoms with Gasteiger partial charge in [0.05, 0.1) is 28.5 Å². The molecule has 2 aliphatic heterocycles. The van der Waals surface area contributed by atoms with Gasteiger partial charge in [-0.1, -0.05) is 18.2 Å².